The Hall–Kier alpha value is -2.08. The summed E-state index contributed by atoms with van der Waals surface area (Å²) in [4.78, 5) is 17.9. The molecule has 2 N–H and O–H groups in total. The average molecular weight is 314 g/mol. The van der Waals surface area contributed by atoms with Crippen molar-refractivity contribution in [3.63, 3.8) is 0 Å². The summed E-state index contributed by atoms with van der Waals surface area (Å²) in [5.41, 5.74) is 5.18. The summed E-state index contributed by atoms with van der Waals surface area (Å²) < 4.78 is 1.13. The first-order chi connectivity index (χ1) is 10.6. The molecule has 0 saturated carbocycles. The number of nitrogens with zero attached hydrogens (tertiary/aromatic N) is 2. The molecule has 5 nitrogen and oxygen atoms in total. The molecule has 0 saturated heterocycles. The minimum Gasteiger partial charge on any atom is -0.350 e. The summed E-state index contributed by atoms with van der Waals surface area (Å²) in [7, 11) is 0. The second-order valence-corrected chi connectivity index (χ2v) is 7.03. The maximum absolute atomic E-state index is 12.7. The van der Waals surface area contributed by atoms with Crippen LogP contribution in [-0.2, 0) is 13.0 Å². The smallest absolute Gasteiger partial charge is 0.270 e. The lowest BCUT2D eigenvalue weighted by atomic mass is 9.99. The summed E-state index contributed by atoms with van der Waals surface area (Å²) in [6.45, 7) is 5.65. The van der Waals surface area contributed by atoms with E-state index in [4.69, 9.17) is 0 Å². The predicted molar refractivity (Wildman–Crippen MR) is 87.3 cm³/mol. The van der Waals surface area contributed by atoms with E-state index in [1.807, 2.05) is 22.4 Å². The molecule has 4 rings (SSSR count). The number of hydrogen-bond acceptors (Lipinski definition) is 3. The van der Waals surface area contributed by atoms with Crippen molar-refractivity contribution in [2.24, 2.45) is 0 Å². The van der Waals surface area contributed by atoms with Crippen molar-refractivity contribution in [2.45, 2.75) is 32.7 Å². The molecule has 0 bridgehead atoms. The van der Waals surface area contributed by atoms with E-state index in [2.05, 4.69) is 29.0 Å². The molecule has 1 amide bonds. The Morgan fingerprint density at radius 3 is 3.09 bits per heavy atom. The molecule has 6 heteroatoms. The van der Waals surface area contributed by atoms with E-state index in [1.54, 1.807) is 11.3 Å². The highest BCUT2D eigenvalue weighted by Crippen LogP contribution is 2.27. The monoisotopic (exact) mass is 314 g/mol. The maximum atomic E-state index is 12.7. The lowest BCUT2D eigenvalue weighted by Crippen LogP contribution is -2.36. The molecule has 3 aromatic rings. The molecule has 3 aromatic heterocycles. The molecule has 22 heavy (non-hydrogen) atoms. The molecular weight excluding hydrogens is 296 g/mol. The summed E-state index contributed by atoms with van der Waals surface area (Å²) in [5.74, 6) is 0.441. The Kier molecular flexibility index (Phi) is 3.07. The van der Waals surface area contributed by atoms with E-state index in [1.165, 1.54) is 11.3 Å². The van der Waals surface area contributed by atoms with Crippen LogP contribution in [0.2, 0.25) is 0 Å². The molecule has 0 fully saturated rings. The van der Waals surface area contributed by atoms with E-state index in [-0.39, 0.29) is 5.91 Å². The molecule has 1 aliphatic heterocycles. The van der Waals surface area contributed by atoms with Crippen LogP contribution >= 0.6 is 11.3 Å². The third-order valence-electron chi connectivity index (χ3n) is 4.27. The van der Waals surface area contributed by atoms with Gasteiger partial charge in [-0.2, -0.15) is 5.10 Å². The maximum Gasteiger partial charge on any atom is 0.270 e. The van der Waals surface area contributed by atoms with Gasteiger partial charge >= 0.3 is 0 Å². The van der Waals surface area contributed by atoms with Gasteiger partial charge in [-0.3, -0.25) is 9.89 Å². The largest absolute Gasteiger partial charge is 0.350 e. The van der Waals surface area contributed by atoms with Crippen LogP contribution in [0.5, 0.6) is 0 Å². The molecule has 0 spiro atoms. The fourth-order valence-electron chi connectivity index (χ4n) is 3.10. The van der Waals surface area contributed by atoms with E-state index < -0.39 is 0 Å². The SMILES string of the molecule is CC(C)c1n[nH]c2c1CN(C(=O)c1cc3sccc3[nH]1)CC2. The van der Waals surface area contributed by atoms with Gasteiger partial charge in [0.25, 0.3) is 5.91 Å². The molecule has 0 aliphatic carbocycles. The van der Waals surface area contributed by atoms with Crippen molar-refractivity contribution in [3.05, 3.63) is 40.2 Å². The number of fused-ring (bicyclic) bond motifs is 2. The standard InChI is InChI=1S/C16H18N4OS/c1-9(2)15-10-8-20(5-3-11(10)18-19-15)16(21)13-7-14-12(17-13)4-6-22-14/h4,6-7,9,17H,3,5,8H2,1-2H3,(H,18,19). The number of hydrogen-bond donors (Lipinski definition) is 2. The first-order valence-corrected chi connectivity index (χ1v) is 8.43. The zero-order valence-corrected chi connectivity index (χ0v) is 13.5. The van der Waals surface area contributed by atoms with Gasteiger partial charge in [0.05, 0.1) is 15.9 Å². The highest BCUT2D eigenvalue weighted by Gasteiger charge is 2.27. The van der Waals surface area contributed by atoms with E-state index in [9.17, 15) is 4.79 Å². The Bertz CT molecular complexity index is 813. The number of aromatic amines is 2. The lowest BCUT2D eigenvalue weighted by molar-refractivity contribution is 0.0728. The average Bonchev–Trinajstić information content (AvgIpc) is 3.19. The van der Waals surface area contributed by atoms with Crippen LogP contribution in [0.3, 0.4) is 0 Å². The van der Waals surface area contributed by atoms with Crippen LogP contribution in [0.1, 0.15) is 47.2 Å². The van der Waals surface area contributed by atoms with Gasteiger partial charge in [0.1, 0.15) is 5.69 Å². The fourth-order valence-corrected chi connectivity index (χ4v) is 3.88. The zero-order valence-electron chi connectivity index (χ0n) is 12.6. The van der Waals surface area contributed by atoms with Crippen molar-refractivity contribution in [1.29, 1.82) is 0 Å². The summed E-state index contributed by atoms with van der Waals surface area (Å²) in [6.07, 6.45) is 0.843. The van der Waals surface area contributed by atoms with E-state index in [0.29, 0.717) is 18.2 Å². The number of rotatable bonds is 2. The Morgan fingerprint density at radius 2 is 2.32 bits per heavy atom. The van der Waals surface area contributed by atoms with Gasteiger partial charge in [0.15, 0.2) is 0 Å². The molecule has 0 radical (unpaired) electrons. The van der Waals surface area contributed by atoms with E-state index in [0.717, 1.165) is 28.9 Å². The number of H-pyrrole nitrogens is 2. The van der Waals surface area contributed by atoms with Gasteiger partial charge in [-0.1, -0.05) is 13.8 Å². The topological polar surface area (TPSA) is 64.8 Å². The highest BCUT2D eigenvalue weighted by atomic mass is 32.1. The lowest BCUT2D eigenvalue weighted by Gasteiger charge is -2.27. The predicted octanol–water partition coefficient (Wildman–Crippen LogP) is 3.27. The third-order valence-corrected chi connectivity index (χ3v) is 5.13. The van der Waals surface area contributed by atoms with Crippen LogP contribution < -0.4 is 0 Å². The molecule has 4 heterocycles. The number of nitrogens with one attached hydrogen (secondary N) is 2. The van der Waals surface area contributed by atoms with Gasteiger partial charge in [-0.25, -0.2) is 0 Å². The normalized spacial score (nSPS) is 14.8. The molecule has 1 aliphatic rings. The Balaban J connectivity index is 1.62. The molecule has 0 atom stereocenters. The Morgan fingerprint density at radius 1 is 1.45 bits per heavy atom. The molecule has 0 unspecified atom stereocenters. The third kappa shape index (κ3) is 2.06. The van der Waals surface area contributed by atoms with Crippen molar-refractivity contribution in [1.82, 2.24) is 20.1 Å². The quantitative estimate of drug-likeness (QED) is 0.762. The number of amides is 1. The van der Waals surface area contributed by atoms with Gasteiger partial charge < -0.3 is 9.88 Å². The summed E-state index contributed by atoms with van der Waals surface area (Å²) in [5, 5.41) is 9.58. The number of carbonyl (C=O) groups excluding carboxylic acids is 1. The second kappa shape index (κ2) is 4.98. The molecule has 114 valence electrons. The number of aromatic nitrogens is 3. The summed E-state index contributed by atoms with van der Waals surface area (Å²) in [6, 6.07) is 3.97. The number of thiophene rings is 1. The van der Waals surface area contributed by atoms with Crippen LogP contribution in [-0.4, -0.2) is 32.5 Å². The van der Waals surface area contributed by atoms with Crippen molar-refractivity contribution < 1.29 is 4.79 Å². The van der Waals surface area contributed by atoms with Crippen LogP contribution in [0.25, 0.3) is 10.2 Å². The van der Waals surface area contributed by atoms with Gasteiger partial charge in [-0.05, 0) is 23.4 Å². The fraction of sp³-hybridized carbons (Fsp3) is 0.375. The van der Waals surface area contributed by atoms with Gasteiger partial charge in [-0.15, -0.1) is 11.3 Å². The second-order valence-electron chi connectivity index (χ2n) is 6.08. The van der Waals surface area contributed by atoms with Gasteiger partial charge in [0.2, 0.25) is 0 Å². The molecular formula is C16H18N4OS. The van der Waals surface area contributed by atoms with Crippen molar-refractivity contribution in [2.75, 3.05) is 6.54 Å². The van der Waals surface area contributed by atoms with Crippen LogP contribution in [0, 0.1) is 0 Å². The van der Waals surface area contributed by atoms with Crippen LogP contribution in [0.4, 0.5) is 0 Å². The van der Waals surface area contributed by atoms with Crippen LogP contribution in [0.15, 0.2) is 17.5 Å². The highest BCUT2D eigenvalue weighted by molar-refractivity contribution is 7.17. The Labute approximate surface area is 132 Å². The summed E-state index contributed by atoms with van der Waals surface area (Å²) >= 11 is 1.65. The minimum absolute atomic E-state index is 0.0740. The molecule has 0 aromatic carbocycles. The van der Waals surface area contributed by atoms with Crippen molar-refractivity contribution in [3.8, 4) is 0 Å². The zero-order chi connectivity index (χ0) is 15.3. The first kappa shape index (κ1) is 13.6. The minimum atomic E-state index is 0.0740. The van der Waals surface area contributed by atoms with Crippen molar-refractivity contribution >= 4 is 27.5 Å². The number of carbonyl (C=O) groups is 1. The van der Waals surface area contributed by atoms with E-state index >= 15 is 0 Å². The first-order valence-electron chi connectivity index (χ1n) is 7.55. The van der Waals surface area contributed by atoms with Gasteiger partial charge in [0, 0.05) is 30.8 Å².